The van der Waals surface area contributed by atoms with E-state index in [4.69, 9.17) is 0 Å². The maximum atomic E-state index is 4.21. The smallest absolute Gasteiger partial charge is 0.0132 e. The molecular formula is C26H43N. The lowest BCUT2D eigenvalue weighted by atomic mass is 9.60. The van der Waals surface area contributed by atoms with Crippen molar-refractivity contribution in [3.8, 4) is 0 Å². The maximum absolute atomic E-state index is 4.21. The molecule has 0 aromatic heterocycles. The van der Waals surface area contributed by atoms with Crippen LogP contribution in [0.2, 0.25) is 0 Å². The Morgan fingerprint density at radius 1 is 0.556 bits per heavy atom. The molecule has 152 valence electrons. The number of hydrogen-bond donors (Lipinski definition) is 0. The predicted molar refractivity (Wildman–Crippen MR) is 115 cm³/mol. The average molecular weight is 370 g/mol. The van der Waals surface area contributed by atoms with Crippen LogP contribution in [0.4, 0.5) is 0 Å². The normalized spacial score (nSPS) is 46.6. The van der Waals surface area contributed by atoms with Gasteiger partial charge in [-0.15, -0.1) is 6.58 Å². The number of fused-ring (bicyclic) bond motifs is 5. The summed E-state index contributed by atoms with van der Waals surface area (Å²) in [5, 5.41) is 0. The summed E-state index contributed by atoms with van der Waals surface area (Å²) in [5.41, 5.74) is 0. The van der Waals surface area contributed by atoms with Gasteiger partial charge in [-0.2, -0.15) is 0 Å². The lowest BCUT2D eigenvalue weighted by Gasteiger charge is -2.50. The topological polar surface area (TPSA) is 3.24 Å². The SMILES string of the molecule is C=CC1CCC2C(C1)C1CCCCC1N(C1CCCCC1)C1CCCCC21. The number of rotatable bonds is 2. The number of likely N-dealkylation sites (tertiary alicyclic amines) is 1. The van der Waals surface area contributed by atoms with Crippen molar-refractivity contribution in [3.05, 3.63) is 12.7 Å². The van der Waals surface area contributed by atoms with Gasteiger partial charge in [-0.3, -0.25) is 4.90 Å². The van der Waals surface area contributed by atoms with Gasteiger partial charge in [0.15, 0.2) is 0 Å². The molecule has 1 aliphatic heterocycles. The van der Waals surface area contributed by atoms with Crippen LogP contribution in [0.3, 0.4) is 0 Å². The largest absolute Gasteiger partial charge is 0.294 e. The molecule has 0 N–H and O–H groups in total. The molecule has 1 heteroatoms. The zero-order chi connectivity index (χ0) is 18.2. The van der Waals surface area contributed by atoms with Crippen molar-refractivity contribution in [2.45, 2.75) is 121 Å². The van der Waals surface area contributed by atoms with Crippen LogP contribution >= 0.6 is 0 Å². The fourth-order valence-corrected chi connectivity index (χ4v) is 8.69. The third kappa shape index (κ3) is 3.45. The Hall–Kier alpha value is -0.300. The standard InChI is InChI=1S/C26H43N/c1-2-19-16-17-21-22-12-6-8-14-25(22)27(20-10-4-3-5-11-20)26-15-9-7-13-23(26)24(21)18-19/h2,19-26H,1,3-18H2. The van der Waals surface area contributed by atoms with Crippen LogP contribution in [0.1, 0.15) is 103 Å². The van der Waals surface area contributed by atoms with E-state index in [-0.39, 0.29) is 0 Å². The lowest BCUT2D eigenvalue weighted by molar-refractivity contribution is -0.0122. The van der Waals surface area contributed by atoms with E-state index in [2.05, 4.69) is 17.6 Å². The molecule has 7 atom stereocenters. The monoisotopic (exact) mass is 369 g/mol. The van der Waals surface area contributed by atoms with E-state index in [1.165, 1.54) is 89.9 Å². The highest BCUT2D eigenvalue weighted by Gasteiger charge is 2.52. The molecule has 27 heavy (non-hydrogen) atoms. The van der Waals surface area contributed by atoms with Gasteiger partial charge in [0.1, 0.15) is 0 Å². The minimum atomic E-state index is 0.817. The molecule has 0 radical (unpaired) electrons. The van der Waals surface area contributed by atoms with Crippen LogP contribution in [-0.2, 0) is 0 Å². The van der Waals surface area contributed by atoms with Gasteiger partial charge in [0.25, 0.3) is 0 Å². The molecule has 1 saturated heterocycles. The van der Waals surface area contributed by atoms with E-state index in [1.54, 1.807) is 12.8 Å². The number of allylic oxidation sites excluding steroid dienone is 1. The third-order valence-electron chi connectivity index (χ3n) is 9.75. The quantitative estimate of drug-likeness (QED) is 0.475. The second-order valence-corrected chi connectivity index (χ2v) is 10.9. The molecule has 0 spiro atoms. The first-order valence-corrected chi connectivity index (χ1v) is 12.8. The van der Waals surface area contributed by atoms with Crippen LogP contribution in [0, 0.1) is 29.6 Å². The summed E-state index contributed by atoms with van der Waals surface area (Å²) in [5.74, 6) is 4.93. The molecule has 1 nitrogen and oxygen atoms in total. The van der Waals surface area contributed by atoms with Crippen LogP contribution in [0.15, 0.2) is 12.7 Å². The fraction of sp³-hybridized carbons (Fsp3) is 0.923. The van der Waals surface area contributed by atoms with Crippen LogP contribution in [0.25, 0.3) is 0 Å². The zero-order valence-corrected chi connectivity index (χ0v) is 17.7. The Bertz CT molecular complexity index is 506. The first-order chi connectivity index (χ1) is 13.4. The second kappa shape index (κ2) is 8.21. The first kappa shape index (κ1) is 18.7. The van der Waals surface area contributed by atoms with E-state index in [0.29, 0.717) is 0 Å². The Morgan fingerprint density at radius 3 is 1.81 bits per heavy atom. The molecule has 0 aromatic carbocycles. The molecule has 0 aromatic rings. The summed E-state index contributed by atoms with van der Waals surface area (Å²) in [4.78, 5) is 3.26. The van der Waals surface area contributed by atoms with Gasteiger partial charge in [0.2, 0.25) is 0 Å². The molecule has 5 fully saturated rings. The Labute approximate surface area is 168 Å². The molecular weight excluding hydrogens is 326 g/mol. The first-order valence-electron chi connectivity index (χ1n) is 12.8. The highest BCUT2D eigenvalue weighted by molar-refractivity contribution is 5.05. The van der Waals surface area contributed by atoms with Gasteiger partial charge in [0, 0.05) is 18.1 Å². The van der Waals surface area contributed by atoms with Crippen molar-refractivity contribution >= 4 is 0 Å². The van der Waals surface area contributed by atoms with E-state index in [1.807, 2.05) is 0 Å². The summed E-state index contributed by atoms with van der Waals surface area (Å²) in [7, 11) is 0. The molecule has 4 aliphatic carbocycles. The molecule has 0 bridgehead atoms. The Morgan fingerprint density at radius 2 is 1.15 bits per heavy atom. The van der Waals surface area contributed by atoms with Crippen molar-refractivity contribution in [1.29, 1.82) is 0 Å². The van der Waals surface area contributed by atoms with Crippen molar-refractivity contribution in [3.63, 3.8) is 0 Å². The van der Waals surface area contributed by atoms with Crippen molar-refractivity contribution in [2.75, 3.05) is 0 Å². The van der Waals surface area contributed by atoms with Gasteiger partial charge < -0.3 is 0 Å². The van der Waals surface area contributed by atoms with Gasteiger partial charge in [-0.1, -0.05) is 51.0 Å². The highest BCUT2D eigenvalue weighted by Crippen LogP contribution is 2.55. The summed E-state index contributed by atoms with van der Waals surface area (Å²) in [6, 6.07) is 2.82. The molecule has 5 rings (SSSR count). The van der Waals surface area contributed by atoms with E-state index >= 15 is 0 Å². The molecule has 0 amide bonds. The van der Waals surface area contributed by atoms with Crippen molar-refractivity contribution in [2.24, 2.45) is 29.6 Å². The number of hydrogen-bond acceptors (Lipinski definition) is 1. The third-order valence-corrected chi connectivity index (χ3v) is 9.75. The Kier molecular flexibility index (Phi) is 5.69. The fourth-order valence-electron chi connectivity index (χ4n) is 8.69. The van der Waals surface area contributed by atoms with Crippen LogP contribution < -0.4 is 0 Å². The average Bonchev–Trinajstić information content (AvgIpc) is 2.87. The summed E-state index contributed by atoms with van der Waals surface area (Å²) in [6.07, 6.45) is 26.5. The molecule has 4 saturated carbocycles. The zero-order valence-electron chi connectivity index (χ0n) is 17.7. The predicted octanol–water partition coefficient (Wildman–Crippen LogP) is 6.97. The molecule has 7 unspecified atom stereocenters. The van der Waals surface area contributed by atoms with Gasteiger partial charge in [-0.25, -0.2) is 0 Å². The minimum Gasteiger partial charge on any atom is -0.294 e. The van der Waals surface area contributed by atoms with E-state index in [0.717, 1.165) is 47.7 Å². The van der Waals surface area contributed by atoms with Crippen molar-refractivity contribution < 1.29 is 0 Å². The summed E-state index contributed by atoms with van der Waals surface area (Å²) >= 11 is 0. The highest BCUT2D eigenvalue weighted by atomic mass is 15.2. The van der Waals surface area contributed by atoms with Crippen LogP contribution in [-0.4, -0.2) is 23.0 Å². The molecule has 1 heterocycles. The lowest BCUT2D eigenvalue weighted by Crippen LogP contribution is -2.55. The van der Waals surface area contributed by atoms with E-state index < -0.39 is 0 Å². The summed E-state index contributed by atoms with van der Waals surface area (Å²) in [6.45, 7) is 4.21. The number of nitrogens with zero attached hydrogens (tertiary/aromatic N) is 1. The minimum absolute atomic E-state index is 0.817. The van der Waals surface area contributed by atoms with Crippen molar-refractivity contribution in [1.82, 2.24) is 4.90 Å². The maximum Gasteiger partial charge on any atom is 0.0132 e. The van der Waals surface area contributed by atoms with Crippen LogP contribution in [0.5, 0.6) is 0 Å². The van der Waals surface area contributed by atoms with Gasteiger partial charge in [-0.05, 0) is 87.4 Å². The Balaban J connectivity index is 1.52. The van der Waals surface area contributed by atoms with E-state index in [9.17, 15) is 0 Å². The molecule has 5 aliphatic rings. The second-order valence-electron chi connectivity index (χ2n) is 10.9. The van der Waals surface area contributed by atoms with Gasteiger partial charge >= 0.3 is 0 Å². The van der Waals surface area contributed by atoms with Gasteiger partial charge in [0.05, 0.1) is 0 Å². The summed E-state index contributed by atoms with van der Waals surface area (Å²) < 4.78 is 0.